The fourth-order valence-electron chi connectivity index (χ4n) is 5.50. The van der Waals surface area contributed by atoms with Gasteiger partial charge in [0.05, 0.1) is 35.4 Å². The van der Waals surface area contributed by atoms with Gasteiger partial charge in [-0.05, 0) is 68.7 Å². The molecule has 43 heavy (non-hydrogen) atoms. The van der Waals surface area contributed by atoms with Gasteiger partial charge in [0.1, 0.15) is 17.6 Å². The molecule has 2 aromatic carbocycles. The number of nitrogens with zero attached hydrogens (tertiary/aromatic N) is 2. The van der Waals surface area contributed by atoms with E-state index in [2.05, 4.69) is 11.9 Å². The van der Waals surface area contributed by atoms with Gasteiger partial charge in [0.15, 0.2) is 22.4 Å². The molecule has 1 aromatic heterocycles. The maximum Gasteiger partial charge on any atom is 0.301 e. The number of benzene rings is 2. The molecule has 226 valence electrons. The van der Waals surface area contributed by atoms with Gasteiger partial charge in [-0.3, -0.25) is 19.3 Å². The largest absolute Gasteiger partial charge is 0.507 e. The van der Waals surface area contributed by atoms with Crippen LogP contribution in [-0.2, 0) is 16.0 Å². The van der Waals surface area contributed by atoms with Crippen LogP contribution in [0.25, 0.3) is 5.76 Å². The highest BCUT2D eigenvalue weighted by molar-refractivity contribution is 7.18. The Balaban J connectivity index is 1.65. The van der Waals surface area contributed by atoms with Crippen LogP contribution in [0.15, 0.2) is 42.0 Å². The zero-order valence-electron chi connectivity index (χ0n) is 25.1. The van der Waals surface area contributed by atoms with E-state index in [0.29, 0.717) is 52.8 Å². The van der Waals surface area contributed by atoms with Gasteiger partial charge in [0.2, 0.25) is 0 Å². The van der Waals surface area contributed by atoms with Crippen LogP contribution in [0.1, 0.15) is 85.1 Å². The fraction of sp³-hybridized carbons (Fsp3) is 0.394. The molecule has 2 atom stereocenters. The second-order valence-electron chi connectivity index (χ2n) is 10.8. The number of aryl methyl sites for hydroxylation is 1. The Kier molecular flexibility index (Phi) is 8.87. The molecule has 0 saturated carbocycles. The molecule has 0 unspecified atom stereocenters. The molecule has 2 aliphatic rings. The van der Waals surface area contributed by atoms with Crippen molar-refractivity contribution in [3.05, 3.63) is 69.2 Å². The standard InChI is InChI=1S/C33H36N2O7S/c1-6-8-9-14-41-25-13-10-21(17-26(25)40-7-2)28-27(29(37)22-11-12-24-23(16-22)15-18(3)42-24)30(38)32(39)35(28)33-34-19(4)31(43-33)20(5)36/h10-13,16-18,28,37H,6-9,14-15H2,1-5H3/t18-,28-/m1/s1. The molecule has 0 spiro atoms. The van der Waals surface area contributed by atoms with Crippen molar-refractivity contribution in [2.75, 3.05) is 18.1 Å². The Morgan fingerprint density at radius 1 is 1.12 bits per heavy atom. The van der Waals surface area contributed by atoms with Gasteiger partial charge in [-0.25, -0.2) is 4.98 Å². The van der Waals surface area contributed by atoms with Gasteiger partial charge in [0.25, 0.3) is 5.78 Å². The molecule has 1 fully saturated rings. The van der Waals surface area contributed by atoms with Gasteiger partial charge >= 0.3 is 5.91 Å². The summed E-state index contributed by atoms with van der Waals surface area (Å²) in [4.78, 5) is 45.8. The summed E-state index contributed by atoms with van der Waals surface area (Å²) >= 11 is 1.04. The summed E-state index contributed by atoms with van der Waals surface area (Å²) in [5, 5.41) is 11.9. The lowest BCUT2D eigenvalue weighted by atomic mass is 9.94. The number of hydrogen-bond acceptors (Lipinski definition) is 9. The lowest BCUT2D eigenvalue weighted by Gasteiger charge is -2.24. The van der Waals surface area contributed by atoms with Crippen LogP contribution < -0.4 is 19.1 Å². The first-order chi connectivity index (χ1) is 20.6. The molecular weight excluding hydrogens is 568 g/mol. The molecule has 3 heterocycles. The first-order valence-electron chi connectivity index (χ1n) is 14.6. The molecule has 9 nitrogen and oxygen atoms in total. The number of rotatable bonds is 11. The van der Waals surface area contributed by atoms with Crippen molar-refractivity contribution in [1.82, 2.24) is 4.98 Å². The molecule has 1 saturated heterocycles. The molecule has 0 aliphatic carbocycles. The Morgan fingerprint density at radius 2 is 1.91 bits per heavy atom. The highest BCUT2D eigenvalue weighted by atomic mass is 32.1. The molecule has 3 aromatic rings. The van der Waals surface area contributed by atoms with E-state index in [4.69, 9.17) is 14.2 Å². The number of thiazole rings is 1. The number of Topliss-reactive ketones (excluding diaryl/α,β-unsaturated/α-hetero) is 2. The van der Waals surface area contributed by atoms with Crippen molar-refractivity contribution in [2.24, 2.45) is 0 Å². The fourth-order valence-corrected chi connectivity index (χ4v) is 6.49. The summed E-state index contributed by atoms with van der Waals surface area (Å²) in [6.07, 6.45) is 3.67. The van der Waals surface area contributed by atoms with Crippen LogP contribution in [0, 0.1) is 6.92 Å². The number of amides is 1. The third-order valence-corrected chi connectivity index (χ3v) is 8.77. The topological polar surface area (TPSA) is 115 Å². The monoisotopic (exact) mass is 604 g/mol. The third kappa shape index (κ3) is 5.88. The van der Waals surface area contributed by atoms with Gasteiger partial charge in [-0.2, -0.15) is 0 Å². The van der Waals surface area contributed by atoms with Crippen LogP contribution in [0.5, 0.6) is 17.2 Å². The summed E-state index contributed by atoms with van der Waals surface area (Å²) in [7, 11) is 0. The van der Waals surface area contributed by atoms with E-state index in [1.54, 1.807) is 43.3 Å². The first-order valence-corrected chi connectivity index (χ1v) is 15.4. The number of ether oxygens (including phenoxy) is 3. The number of ketones is 2. The zero-order chi connectivity index (χ0) is 30.8. The predicted octanol–water partition coefficient (Wildman–Crippen LogP) is 6.57. The Morgan fingerprint density at radius 3 is 2.60 bits per heavy atom. The van der Waals surface area contributed by atoms with E-state index in [-0.39, 0.29) is 28.4 Å². The number of hydrogen-bond donors (Lipinski definition) is 1. The molecule has 1 N–H and O–H groups in total. The van der Waals surface area contributed by atoms with E-state index in [0.717, 1.165) is 41.9 Å². The van der Waals surface area contributed by atoms with Crippen LogP contribution in [0.3, 0.4) is 0 Å². The van der Waals surface area contributed by atoms with Crippen LogP contribution in [0.4, 0.5) is 5.13 Å². The average molecular weight is 605 g/mol. The smallest absolute Gasteiger partial charge is 0.301 e. The maximum absolute atomic E-state index is 13.7. The summed E-state index contributed by atoms with van der Waals surface area (Å²) < 4.78 is 17.7. The number of fused-ring (bicyclic) bond motifs is 1. The minimum atomic E-state index is -1.03. The number of anilines is 1. The van der Waals surface area contributed by atoms with Crippen LogP contribution in [-0.4, -0.2) is 46.9 Å². The van der Waals surface area contributed by atoms with Crippen molar-refractivity contribution in [1.29, 1.82) is 0 Å². The zero-order valence-corrected chi connectivity index (χ0v) is 25.9. The quantitative estimate of drug-likeness (QED) is 0.0859. The van der Waals surface area contributed by atoms with Crippen molar-refractivity contribution in [3.8, 4) is 17.2 Å². The molecule has 1 amide bonds. The molecule has 0 radical (unpaired) electrons. The van der Waals surface area contributed by atoms with E-state index in [1.807, 2.05) is 13.8 Å². The predicted molar refractivity (Wildman–Crippen MR) is 165 cm³/mol. The third-order valence-electron chi connectivity index (χ3n) is 7.51. The average Bonchev–Trinajstić information content (AvgIpc) is 3.63. The van der Waals surface area contributed by atoms with Crippen molar-refractivity contribution in [3.63, 3.8) is 0 Å². The highest BCUT2D eigenvalue weighted by Crippen LogP contribution is 2.46. The highest BCUT2D eigenvalue weighted by Gasteiger charge is 2.48. The van der Waals surface area contributed by atoms with Gasteiger partial charge in [0, 0.05) is 18.9 Å². The normalized spacial score (nSPS) is 19.0. The number of unbranched alkanes of at least 4 members (excludes halogenated alkanes) is 2. The van der Waals surface area contributed by atoms with Gasteiger partial charge in [-0.1, -0.05) is 37.2 Å². The van der Waals surface area contributed by atoms with Crippen molar-refractivity contribution < 1.29 is 33.7 Å². The summed E-state index contributed by atoms with van der Waals surface area (Å²) in [5.41, 5.74) is 2.23. The minimum absolute atomic E-state index is 0.00119. The summed E-state index contributed by atoms with van der Waals surface area (Å²) in [6.45, 7) is 9.97. The molecule has 0 bridgehead atoms. The van der Waals surface area contributed by atoms with Crippen molar-refractivity contribution >= 4 is 39.7 Å². The Labute approximate surface area is 255 Å². The second kappa shape index (κ2) is 12.6. The lowest BCUT2D eigenvalue weighted by molar-refractivity contribution is -0.132. The van der Waals surface area contributed by atoms with Crippen LogP contribution >= 0.6 is 11.3 Å². The lowest BCUT2D eigenvalue weighted by Crippen LogP contribution is -2.29. The van der Waals surface area contributed by atoms with Gasteiger partial charge < -0.3 is 19.3 Å². The van der Waals surface area contributed by atoms with Crippen LogP contribution in [0.2, 0.25) is 0 Å². The molecule has 10 heteroatoms. The second-order valence-corrected chi connectivity index (χ2v) is 11.8. The Bertz CT molecular complexity index is 1610. The summed E-state index contributed by atoms with van der Waals surface area (Å²) in [5.74, 6) is -0.430. The minimum Gasteiger partial charge on any atom is -0.507 e. The van der Waals surface area contributed by atoms with Crippen molar-refractivity contribution in [2.45, 2.75) is 72.4 Å². The number of aliphatic hydroxyl groups is 1. The number of aliphatic hydroxyl groups excluding tert-OH is 1. The van der Waals surface area contributed by atoms with Gasteiger partial charge in [-0.15, -0.1) is 0 Å². The summed E-state index contributed by atoms with van der Waals surface area (Å²) in [6, 6.07) is 9.46. The molecular formula is C33H36N2O7S. The SMILES string of the molecule is CCCCCOc1ccc([C@@H]2C(=C(O)c3ccc4c(c3)C[C@@H](C)O4)C(=O)C(=O)N2c2nc(C)c(C(C)=O)s2)cc1OCC. The van der Waals surface area contributed by atoms with E-state index in [9.17, 15) is 19.5 Å². The van der Waals surface area contributed by atoms with E-state index < -0.39 is 17.7 Å². The number of aromatic nitrogens is 1. The van der Waals surface area contributed by atoms with E-state index >= 15 is 0 Å². The first kappa shape index (κ1) is 30.3. The number of carbonyl (C=O) groups is 3. The maximum atomic E-state index is 13.7. The number of carbonyl (C=O) groups excluding carboxylic acids is 3. The molecule has 5 rings (SSSR count). The Hall–Kier alpha value is -4.18. The molecule has 2 aliphatic heterocycles. The van der Waals surface area contributed by atoms with E-state index in [1.165, 1.54) is 11.8 Å².